The molecule has 1 aliphatic rings. The van der Waals surface area contributed by atoms with Gasteiger partial charge in [-0.05, 0) is 32.0 Å². The number of piperidine rings is 1. The predicted octanol–water partition coefficient (Wildman–Crippen LogP) is 4.07. The highest BCUT2D eigenvalue weighted by atomic mass is 16.5. The average Bonchev–Trinajstić information content (AvgIpc) is 3.29. The number of ether oxygens (including phenoxy) is 2. The van der Waals surface area contributed by atoms with Crippen LogP contribution in [0.1, 0.15) is 24.2 Å². The molecule has 0 amide bonds. The van der Waals surface area contributed by atoms with Crippen LogP contribution in [0, 0.1) is 13.8 Å². The number of nitrogens with zero attached hydrogens (tertiary/aromatic N) is 6. The molecule has 0 spiro atoms. The van der Waals surface area contributed by atoms with Gasteiger partial charge in [0.15, 0.2) is 11.6 Å². The van der Waals surface area contributed by atoms with E-state index in [2.05, 4.69) is 35.4 Å². The van der Waals surface area contributed by atoms with E-state index in [9.17, 15) is 0 Å². The molecule has 5 heterocycles. The summed E-state index contributed by atoms with van der Waals surface area (Å²) >= 11 is 0. The van der Waals surface area contributed by atoms with Gasteiger partial charge in [-0.25, -0.2) is 19.9 Å². The number of pyridine rings is 2. The van der Waals surface area contributed by atoms with Crippen molar-refractivity contribution in [3.63, 3.8) is 0 Å². The molecular formula is C25H28N8O2. The fourth-order valence-corrected chi connectivity index (χ4v) is 4.03. The molecule has 10 heteroatoms. The molecule has 0 aliphatic carbocycles. The molecule has 1 fully saturated rings. The fourth-order valence-electron chi connectivity index (χ4n) is 4.03. The zero-order valence-corrected chi connectivity index (χ0v) is 20.0. The van der Waals surface area contributed by atoms with Crippen LogP contribution in [0.2, 0.25) is 0 Å². The summed E-state index contributed by atoms with van der Waals surface area (Å²) in [6, 6.07) is 11.6. The molecule has 0 radical (unpaired) electrons. The molecular weight excluding hydrogens is 444 g/mol. The Balaban J connectivity index is 1.21. The fraction of sp³-hybridized carbons (Fsp3) is 0.320. The van der Waals surface area contributed by atoms with Gasteiger partial charge in [0.1, 0.15) is 23.5 Å². The Morgan fingerprint density at radius 1 is 0.971 bits per heavy atom. The Kier molecular flexibility index (Phi) is 6.42. The van der Waals surface area contributed by atoms with Gasteiger partial charge in [-0.3, -0.25) is 5.10 Å². The van der Waals surface area contributed by atoms with E-state index in [0.29, 0.717) is 17.5 Å². The lowest BCUT2D eigenvalue weighted by molar-refractivity contribution is 0.170. The van der Waals surface area contributed by atoms with Gasteiger partial charge < -0.3 is 19.7 Å². The number of H-pyrrole nitrogens is 1. The van der Waals surface area contributed by atoms with Crippen molar-refractivity contribution in [2.45, 2.75) is 32.8 Å². The van der Waals surface area contributed by atoms with Crippen LogP contribution in [-0.2, 0) is 0 Å². The third kappa shape index (κ3) is 5.48. The maximum Gasteiger partial charge on any atom is 0.213 e. The van der Waals surface area contributed by atoms with Gasteiger partial charge in [-0.15, -0.1) is 0 Å². The van der Waals surface area contributed by atoms with Gasteiger partial charge in [0, 0.05) is 67.3 Å². The van der Waals surface area contributed by atoms with Crippen LogP contribution in [0.15, 0.2) is 48.8 Å². The van der Waals surface area contributed by atoms with Crippen LogP contribution in [0.25, 0.3) is 11.4 Å². The summed E-state index contributed by atoms with van der Waals surface area (Å²) in [5, 5.41) is 10.4. The summed E-state index contributed by atoms with van der Waals surface area (Å²) in [6.07, 6.45) is 5.52. The van der Waals surface area contributed by atoms with Gasteiger partial charge in [-0.1, -0.05) is 0 Å². The van der Waals surface area contributed by atoms with Crippen molar-refractivity contribution < 1.29 is 9.47 Å². The van der Waals surface area contributed by atoms with Crippen LogP contribution >= 0.6 is 0 Å². The second-order valence-electron chi connectivity index (χ2n) is 8.52. The molecule has 10 nitrogen and oxygen atoms in total. The number of aromatic nitrogens is 6. The Hall–Kier alpha value is -4.21. The maximum absolute atomic E-state index is 6.09. The normalized spacial score (nSPS) is 14.1. The van der Waals surface area contributed by atoms with Gasteiger partial charge in [0.25, 0.3) is 0 Å². The number of aromatic amines is 1. The zero-order chi connectivity index (χ0) is 24.2. The van der Waals surface area contributed by atoms with Crippen LogP contribution in [0.5, 0.6) is 11.6 Å². The molecule has 5 rings (SSSR count). The lowest BCUT2D eigenvalue weighted by Gasteiger charge is -2.32. The van der Waals surface area contributed by atoms with Crippen LogP contribution in [0.4, 0.5) is 17.5 Å². The van der Waals surface area contributed by atoms with Crippen molar-refractivity contribution >= 4 is 17.5 Å². The first-order valence-electron chi connectivity index (χ1n) is 11.6. The van der Waals surface area contributed by atoms with E-state index >= 15 is 0 Å². The molecule has 35 heavy (non-hydrogen) atoms. The van der Waals surface area contributed by atoms with E-state index < -0.39 is 0 Å². The summed E-state index contributed by atoms with van der Waals surface area (Å²) in [5.41, 5.74) is 2.71. The van der Waals surface area contributed by atoms with Gasteiger partial charge in [-0.2, -0.15) is 5.10 Å². The minimum Gasteiger partial charge on any atom is -0.489 e. The molecule has 180 valence electrons. The minimum absolute atomic E-state index is 0.158. The highest BCUT2D eigenvalue weighted by molar-refractivity contribution is 5.61. The van der Waals surface area contributed by atoms with Crippen molar-refractivity contribution in [3.8, 4) is 23.0 Å². The minimum atomic E-state index is 0.158. The van der Waals surface area contributed by atoms with Crippen molar-refractivity contribution in [2.75, 3.05) is 30.4 Å². The second kappa shape index (κ2) is 9.96. The van der Waals surface area contributed by atoms with E-state index in [1.165, 1.54) is 0 Å². The van der Waals surface area contributed by atoms with E-state index in [1.807, 2.05) is 56.4 Å². The smallest absolute Gasteiger partial charge is 0.213 e. The Labute approximate surface area is 203 Å². The third-order valence-corrected chi connectivity index (χ3v) is 5.81. The number of aryl methyl sites for hydroxylation is 2. The van der Waals surface area contributed by atoms with Gasteiger partial charge >= 0.3 is 0 Å². The number of hydrogen-bond donors (Lipinski definition) is 2. The van der Waals surface area contributed by atoms with Crippen molar-refractivity contribution in [1.82, 2.24) is 30.1 Å². The molecule has 1 aliphatic heterocycles. The standard InChI is InChI=1S/C25H28N8O2/c1-16-12-21(29-22-13-17(2)31-32-22)30-25(28-16)18-4-6-23(26-14-18)33-10-8-19(9-11-33)35-20-5-7-24(34-3)27-15-20/h4-7,12-15,19H,8-11H2,1-3H3,(H2,28,29,30,31,32). The summed E-state index contributed by atoms with van der Waals surface area (Å²) in [6.45, 7) is 5.65. The van der Waals surface area contributed by atoms with Gasteiger partial charge in [0.2, 0.25) is 5.88 Å². The molecule has 0 bridgehead atoms. The number of nitrogens with one attached hydrogen (secondary N) is 2. The lowest BCUT2D eigenvalue weighted by Crippen LogP contribution is -2.38. The number of rotatable bonds is 7. The molecule has 0 unspecified atom stereocenters. The van der Waals surface area contributed by atoms with Crippen molar-refractivity contribution in [1.29, 1.82) is 0 Å². The predicted molar refractivity (Wildman–Crippen MR) is 133 cm³/mol. The highest BCUT2D eigenvalue weighted by Crippen LogP contribution is 2.25. The van der Waals surface area contributed by atoms with E-state index in [0.717, 1.165) is 60.3 Å². The lowest BCUT2D eigenvalue weighted by atomic mass is 10.1. The highest BCUT2D eigenvalue weighted by Gasteiger charge is 2.22. The quantitative estimate of drug-likeness (QED) is 0.411. The first-order valence-corrected chi connectivity index (χ1v) is 11.6. The summed E-state index contributed by atoms with van der Waals surface area (Å²) in [5.74, 6) is 4.32. The topological polar surface area (TPSA) is 114 Å². The van der Waals surface area contributed by atoms with Crippen LogP contribution in [-0.4, -0.2) is 56.4 Å². The number of methoxy groups -OCH3 is 1. The monoisotopic (exact) mass is 472 g/mol. The molecule has 0 saturated carbocycles. The third-order valence-electron chi connectivity index (χ3n) is 5.81. The molecule has 4 aromatic rings. The molecule has 1 saturated heterocycles. The van der Waals surface area contributed by atoms with E-state index in [1.54, 1.807) is 13.3 Å². The van der Waals surface area contributed by atoms with Crippen molar-refractivity contribution in [2.24, 2.45) is 0 Å². The van der Waals surface area contributed by atoms with Crippen LogP contribution in [0.3, 0.4) is 0 Å². The molecule has 0 atom stereocenters. The molecule has 0 aromatic carbocycles. The Bertz CT molecular complexity index is 1270. The summed E-state index contributed by atoms with van der Waals surface area (Å²) in [7, 11) is 1.60. The summed E-state index contributed by atoms with van der Waals surface area (Å²) < 4.78 is 11.2. The number of anilines is 3. The summed E-state index contributed by atoms with van der Waals surface area (Å²) in [4.78, 5) is 20.4. The first-order chi connectivity index (χ1) is 17.1. The van der Waals surface area contributed by atoms with Crippen LogP contribution < -0.4 is 19.7 Å². The number of hydrogen-bond acceptors (Lipinski definition) is 9. The SMILES string of the molecule is COc1ccc(OC2CCN(c3ccc(-c4nc(C)cc(Nc5cc(C)[nH]n5)n4)cn3)CC2)cn1. The first kappa shape index (κ1) is 22.6. The van der Waals surface area contributed by atoms with E-state index in [-0.39, 0.29) is 6.10 Å². The zero-order valence-electron chi connectivity index (χ0n) is 20.0. The maximum atomic E-state index is 6.09. The Morgan fingerprint density at radius 3 is 2.49 bits per heavy atom. The second-order valence-corrected chi connectivity index (χ2v) is 8.52. The Morgan fingerprint density at radius 2 is 1.83 bits per heavy atom. The molecule has 4 aromatic heterocycles. The average molecular weight is 473 g/mol. The van der Waals surface area contributed by atoms with Gasteiger partial charge in [0.05, 0.1) is 13.3 Å². The largest absolute Gasteiger partial charge is 0.489 e. The van der Waals surface area contributed by atoms with E-state index in [4.69, 9.17) is 14.5 Å². The van der Waals surface area contributed by atoms with Crippen molar-refractivity contribution in [3.05, 3.63) is 60.2 Å². The molecule has 2 N–H and O–H groups in total.